The number of aliphatic hydroxyl groups is 1. The standard InChI is InChI=1S/C24H22N2O5/c1-13-6-4-7-14(2)21(13)26-23(30)16-12-15(10-11-17(16)25(3)24(26)31)22(29)20-18(27)8-5-9-19(20)28/h4,6-7,10-12,29H,5,8-9H2,1-3H3. The molecular weight excluding hydrogens is 396 g/mol. The number of carbonyl (C=O) groups excluding carboxylic acids is 2. The number of rotatable bonds is 2. The van der Waals surface area contributed by atoms with E-state index in [-0.39, 0.29) is 29.4 Å². The lowest BCUT2D eigenvalue weighted by Gasteiger charge is -2.16. The Hall–Kier alpha value is -3.74. The van der Waals surface area contributed by atoms with Gasteiger partial charge in [0.25, 0.3) is 5.56 Å². The molecule has 2 aromatic carbocycles. The van der Waals surface area contributed by atoms with Crippen molar-refractivity contribution < 1.29 is 14.7 Å². The molecular formula is C24H22N2O5. The van der Waals surface area contributed by atoms with Crippen LogP contribution >= 0.6 is 0 Å². The van der Waals surface area contributed by atoms with Gasteiger partial charge in [0.1, 0.15) is 11.3 Å². The molecule has 158 valence electrons. The van der Waals surface area contributed by atoms with Crippen molar-refractivity contribution in [2.75, 3.05) is 0 Å². The first-order chi connectivity index (χ1) is 14.7. The number of aliphatic hydroxyl groups excluding tert-OH is 1. The number of hydrogen-bond donors (Lipinski definition) is 1. The third kappa shape index (κ3) is 3.22. The Labute approximate surface area is 177 Å². The summed E-state index contributed by atoms with van der Waals surface area (Å²) in [5, 5.41) is 10.9. The minimum absolute atomic E-state index is 0.190. The van der Waals surface area contributed by atoms with Gasteiger partial charge in [-0.25, -0.2) is 9.36 Å². The zero-order valence-electron chi connectivity index (χ0n) is 17.6. The Morgan fingerprint density at radius 2 is 1.55 bits per heavy atom. The van der Waals surface area contributed by atoms with Gasteiger partial charge in [-0.15, -0.1) is 0 Å². The molecule has 0 unspecified atom stereocenters. The molecule has 4 rings (SSSR count). The highest BCUT2D eigenvalue weighted by Gasteiger charge is 2.28. The van der Waals surface area contributed by atoms with E-state index in [0.717, 1.165) is 15.7 Å². The molecule has 0 spiro atoms. The summed E-state index contributed by atoms with van der Waals surface area (Å²) in [5.41, 5.74) is 1.41. The minimum Gasteiger partial charge on any atom is -0.506 e. The van der Waals surface area contributed by atoms with Crippen LogP contribution in [-0.2, 0) is 16.6 Å². The second kappa shape index (κ2) is 7.50. The average molecular weight is 418 g/mol. The molecule has 0 radical (unpaired) electrons. The van der Waals surface area contributed by atoms with E-state index in [1.54, 1.807) is 7.05 Å². The van der Waals surface area contributed by atoms with Crippen molar-refractivity contribution in [3.05, 3.63) is 79.5 Å². The van der Waals surface area contributed by atoms with Crippen molar-refractivity contribution >= 4 is 28.2 Å². The molecule has 7 nitrogen and oxygen atoms in total. The first-order valence-corrected chi connectivity index (χ1v) is 10.0. The van der Waals surface area contributed by atoms with Gasteiger partial charge in [-0.05, 0) is 49.6 Å². The Morgan fingerprint density at radius 1 is 0.935 bits per heavy atom. The number of para-hydroxylation sites is 1. The highest BCUT2D eigenvalue weighted by molar-refractivity contribution is 6.25. The predicted molar refractivity (Wildman–Crippen MR) is 118 cm³/mol. The van der Waals surface area contributed by atoms with Gasteiger partial charge in [0, 0.05) is 25.5 Å². The highest BCUT2D eigenvalue weighted by atomic mass is 16.3. The molecule has 1 N–H and O–H groups in total. The molecule has 0 saturated heterocycles. The molecule has 0 aliphatic heterocycles. The van der Waals surface area contributed by atoms with Crippen molar-refractivity contribution in [2.24, 2.45) is 7.05 Å². The van der Waals surface area contributed by atoms with E-state index < -0.39 is 28.6 Å². The molecule has 7 heteroatoms. The SMILES string of the molecule is Cc1cccc(C)c1-n1c(=O)c2cc(C(O)=C3C(=O)CCCC3=O)ccc2n(C)c1=O. The van der Waals surface area contributed by atoms with Crippen LogP contribution in [0.5, 0.6) is 0 Å². The summed E-state index contributed by atoms with van der Waals surface area (Å²) in [6, 6.07) is 9.97. The fourth-order valence-electron chi connectivity index (χ4n) is 4.19. The number of carbonyl (C=O) groups is 2. The molecule has 1 aliphatic carbocycles. The number of fused-ring (bicyclic) bond motifs is 1. The van der Waals surface area contributed by atoms with Crippen LogP contribution in [0.2, 0.25) is 0 Å². The number of aromatic nitrogens is 2. The van der Waals surface area contributed by atoms with Crippen molar-refractivity contribution in [2.45, 2.75) is 33.1 Å². The predicted octanol–water partition coefficient (Wildman–Crippen LogP) is 2.90. The number of allylic oxidation sites excluding steroid dienone is 1. The molecule has 0 bridgehead atoms. The van der Waals surface area contributed by atoms with E-state index in [9.17, 15) is 24.3 Å². The monoisotopic (exact) mass is 418 g/mol. The Balaban J connectivity index is 2.04. The van der Waals surface area contributed by atoms with E-state index >= 15 is 0 Å². The normalized spacial score (nSPS) is 14.4. The molecule has 1 fully saturated rings. The fourth-order valence-corrected chi connectivity index (χ4v) is 4.19. The van der Waals surface area contributed by atoms with Crippen LogP contribution in [0.4, 0.5) is 0 Å². The van der Waals surface area contributed by atoms with Gasteiger partial charge in [0.05, 0.1) is 16.6 Å². The summed E-state index contributed by atoms with van der Waals surface area (Å²) in [4.78, 5) is 50.9. The molecule has 31 heavy (non-hydrogen) atoms. The average Bonchev–Trinajstić information content (AvgIpc) is 2.73. The second-order valence-electron chi connectivity index (χ2n) is 7.88. The number of aryl methyl sites for hydroxylation is 3. The van der Waals surface area contributed by atoms with Crippen molar-refractivity contribution in [1.82, 2.24) is 9.13 Å². The lowest BCUT2D eigenvalue weighted by atomic mass is 9.89. The number of hydrogen-bond acceptors (Lipinski definition) is 5. The molecule has 1 saturated carbocycles. The molecule has 1 heterocycles. The summed E-state index contributed by atoms with van der Waals surface area (Å²) in [6.45, 7) is 3.65. The largest absolute Gasteiger partial charge is 0.506 e. The van der Waals surface area contributed by atoms with Gasteiger partial charge in [0.15, 0.2) is 11.6 Å². The number of nitrogens with zero attached hydrogens (tertiary/aromatic N) is 2. The number of Topliss-reactive ketones (excluding diaryl/α,β-unsaturated/α-hetero) is 2. The first kappa shape index (κ1) is 20.5. The lowest BCUT2D eigenvalue weighted by Crippen LogP contribution is -2.38. The van der Waals surface area contributed by atoms with Gasteiger partial charge in [0.2, 0.25) is 0 Å². The van der Waals surface area contributed by atoms with E-state index in [0.29, 0.717) is 17.6 Å². The van der Waals surface area contributed by atoms with Gasteiger partial charge in [-0.2, -0.15) is 0 Å². The number of benzene rings is 2. The van der Waals surface area contributed by atoms with Crippen LogP contribution in [-0.4, -0.2) is 25.8 Å². The van der Waals surface area contributed by atoms with E-state index in [2.05, 4.69) is 0 Å². The molecule has 3 aromatic rings. The second-order valence-corrected chi connectivity index (χ2v) is 7.88. The van der Waals surface area contributed by atoms with Gasteiger partial charge in [-0.1, -0.05) is 18.2 Å². The van der Waals surface area contributed by atoms with Crippen LogP contribution in [0.3, 0.4) is 0 Å². The zero-order chi connectivity index (χ0) is 22.4. The quantitative estimate of drug-likeness (QED) is 0.392. The summed E-state index contributed by atoms with van der Waals surface area (Å²) >= 11 is 0. The summed E-state index contributed by atoms with van der Waals surface area (Å²) in [6.07, 6.45) is 0.869. The van der Waals surface area contributed by atoms with Crippen LogP contribution in [0.1, 0.15) is 36.0 Å². The Kier molecular flexibility index (Phi) is 4.97. The van der Waals surface area contributed by atoms with Gasteiger partial charge in [-0.3, -0.25) is 19.0 Å². The van der Waals surface area contributed by atoms with Crippen molar-refractivity contribution in [1.29, 1.82) is 0 Å². The maximum Gasteiger partial charge on any atom is 0.335 e. The number of ketones is 2. The summed E-state index contributed by atoms with van der Waals surface area (Å²) in [7, 11) is 1.57. The highest BCUT2D eigenvalue weighted by Crippen LogP contribution is 2.26. The summed E-state index contributed by atoms with van der Waals surface area (Å²) < 4.78 is 2.49. The molecule has 1 aliphatic rings. The first-order valence-electron chi connectivity index (χ1n) is 10.0. The molecule has 1 aromatic heterocycles. The van der Waals surface area contributed by atoms with E-state index in [1.165, 1.54) is 22.8 Å². The van der Waals surface area contributed by atoms with Gasteiger partial charge < -0.3 is 5.11 Å². The van der Waals surface area contributed by atoms with Crippen LogP contribution < -0.4 is 11.2 Å². The maximum absolute atomic E-state index is 13.4. The topological polar surface area (TPSA) is 98.4 Å². The molecule has 0 amide bonds. The maximum atomic E-state index is 13.4. The summed E-state index contributed by atoms with van der Waals surface area (Å²) in [5.74, 6) is -1.23. The Bertz CT molecular complexity index is 1380. The van der Waals surface area contributed by atoms with Crippen molar-refractivity contribution in [3.63, 3.8) is 0 Å². The zero-order valence-corrected chi connectivity index (χ0v) is 17.6. The van der Waals surface area contributed by atoms with Crippen molar-refractivity contribution in [3.8, 4) is 5.69 Å². The van der Waals surface area contributed by atoms with Crippen LogP contribution in [0.15, 0.2) is 51.6 Å². The van der Waals surface area contributed by atoms with Crippen LogP contribution in [0.25, 0.3) is 22.3 Å². The fraction of sp³-hybridized carbons (Fsp3) is 0.250. The van der Waals surface area contributed by atoms with Gasteiger partial charge >= 0.3 is 5.69 Å². The Morgan fingerprint density at radius 3 is 2.16 bits per heavy atom. The van der Waals surface area contributed by atoms with E-state index in [1.807, 2.05) is 32.0 Å². The lowest BCUT2D eigenvalue weighted by molar-refractivity contribution is -0.123. The minimum atomic E-state index is -0.531. The third-order valence-electron chi connectivity index (χ3n) is 5.81. The molecule has 0 atom stereocenters. The van der Waals surface area contributed by atoms with Crippen LogP contribution in [0, 0.1) is 13.8 Å². The van der Waals surface area contributed by atoms with E-state index in [4.69, 9.17) is 0 Å². The smallest absolute Gasteiger partial charge is 0.335 e. The third-order valence-corrected chi connectivity index (χ3v) is 5.81.